The van der Waals surface area contributed by atoms with Gasteiger partial charge in [0.1, 0.15) is 0 Å². The lowest BCUT2D eigenvalue weighted by atomic mass is 10.7. The lowest BCUT2D eigenvalue weighted by molar-refractivity contribution is -0.157. The quantitative estimate of drug-likeness (QED) is 0.423. The second-order valence-corrected chi connectivity index (χ2v) is 1.44. The molecule has 0 amide bonds. The molecule has 0 N–H and O–H groups in total. The number of carbonyl (C=O) groups excluding carboxylic acids is 1. The summed E-state index contributed by atoms with van der Waals surface area (Å²) in [7, 11) is 0. The third-order valence-electron chi connectivity index (χ3n) is 0.457. The van der Waals surface area contributed by atoms with E-state index in [4.69, 9.17) is 11.9 Å². The molecule has 0 bridgehead atoms. The minimum Gasteiger partial charge on any atom is -0.435 e. The summed E-state index contributed by atoms with van der Waals surface area (Å²) in [6.07, 6.45) is -0.658. The Hall–Kier alpha value is -0.280. The SMILES string of the molecule is CC(=O)OC(C)OCl. The van der Waals surface area contributed by atoms with Gasteiger partial charge in [0, 0.05) is 6.92 Å². The number of hydrogen-bond donors (Lipinski definition) is 0. The van der Waals surface area contributed by atoms with E-state index in [1.165, 1.54) is 13.8 Å². The van der Waals surface area contributed by atoms with E-state index >= 15 is 0 Å². The van der Waals surface area contributed by atoms with Gasteiger partial charge >= 0.3 is 5.97 Å². The fraction of sp³-hybridized carbons (Fsp3) is 0.750. The first-order valence-corrected chi connectivity index (χ1v) is 2.42. The van der Waals surface area contributed by atoms with Gasteiger partial charge in [0.25, 0.3) is 0 Å². The average molecular weight is 139 g/mol. The first-order valence-electron chi connectivity index (χ1n) is 2.11. The maximum atomic E-state index is 10.1. The van der Waals surface area contributed by atoms with E-state index in [-0.39, 0.29) is 0 Å². The Labute approximate surface area is 52.7 Å². The van der Waals surface area contributed by atoms with Gasteiger partial charge in [-0.3, -0.25) is 4.79 Å². The van der Waals surface area contributed by atoms with Crippen molar-refractivity contribution in [1.82, 2.24) is 0 Å². The Morgan fingerprint density at radius 1 is 1.75 bits per heavy atom. The van der Waals surface area contributed by atoms with Crippen molar-refractivity contribution in [2.24, 2.45) is 0 Å². The summed E-state index contributed by atoms with van der Waals surface area (Å²) in [5, 5.41) is 0. The van der Waals surface area contributed by atoms with Crippen molar-refractivity contribution >= 4 is 17.8 Å². The minimum absolute atomic E-state index is 0.404. The summed E-state index contributed by atoms with van der Waals surface area (Å²) >= 11 is 4.82. The molecule has 0 aliphatic rings. The van der Waals surface area contributed by atoms with Gasteiger partial charge < -0.3 is 4.74 Å². The molecule has 1 unspecified atom stereocenters. The molecule has 4 heteroatoms. The molecule has 3 nitrogen and oxygen atoms in total. The maximum absolute atomic E-state index is 10.1. The molecule has 0 aromatic rings. The molecule has 8 heavy (non-hydrogen) atoms. The number of carbonyl (C=O) groups is 1. The van der Waals surface area contributed by atoms with Crippen molar-refractivity contribution in [2.75, 3.05) is 0 Å². The van der Waals surface area contributed by atoms with Gasteiger partial charge in [-0.15, -0.1) is 0 Å². The van der Waals surface area contributed by atoms with Gasteiger partial charge in [-0.2, -0.15) is 0 Å². The van der Waals surface area contributed by atoms with E-state index in [0.29, 0.717) is 0 Å². The van der Waals surface area contributed by atoms with Crippen molar-refractivity contribution in [3.8, 4) is 0 Å². The Morgan fingerprint density at radius 3 is 2.38 bits per heavy atom. The van der Waals surface area contributed by atoms with E-state index in [0.717, 1.165) is 0 Å². The molecular formula is C4H7ClO3. The number of halogens is 1. The minimum atomic E-state index is -0.658. The zero-order valence-corrected chi connectivity index (χ0v) is 5.44. The number of ether oxygens (including phenoxy) is 1. The van der Waals surface area contributed by atoms with Gasteiger partial charge in [-0.1, -0.05) is 0 Å². The highest BCUT2D eigenvalue weighted by atomic mass is 35.5. The third kappa shape index (κ3) is 3.89. The van der Waals surface area contributed by atoms with Gasteiger partial charge in [-0.25, -0.2) is 4.29 Å². The first kappa shape index (κ1) is 7.72. The standard InChI is InChI=1S/C4H7ClO3/c1-3(6)7-4(2)8-5/h4H,1-2H3. The third-order valence-corrected chi connectivity index (χ3v) is 0.708. The molecule has 0 aromatic heterocycles. The summed E-state index contributed by atoms with van der Waals surface area (Å²) in [6.45, 7) is 2.81. The van der Waals surface area contributed by atoms with Crippen molar-refractivity contribution < 1.29 is 13.8 Å². The van der Waals surface area contributed by atoms with Gasteiger partial charge in [-0.05, 0) is 6.92 Å². The fourth-order valence-corrected chi connectivity index (χ4v) is 0.288. The molecule has 0 saturated carbocycles. The highest BCUT2D eigenvalue weighted by Crippen LogP contribution is 1.95. The molecule has 0 spiro atoms. The molecular weight excluding hydrogens is 131 g/mol. The van der Waals surface area contributed by atoms with Gasteiger partial charge in [0.05, 0.1) is 11.9 Å². The monoisotopic (exact) mass is 138 g/mol. The maximum Gasteiger partial charge on any atom is 0.304 e. The summed E-state index contributed by atoms with van der Waals surface area (Å²) in [5.41, 5.74) is 0. The number of hydrogen-bond acceptors (Lipinski definition) is 3. The summed E-state index contributed by atoms with van der Waals surface area (Å²) in [6, 6.07) is 0. The van der Waals surface area contributed by atoms with Crippen molar-refractivity contribution in [3.63, 3.8) is 0 Å². The largest absolute Gasteiger partial charge is 0.435 e. The van der Waals surface area contributed by atoms with Crippen LogP contribution in [-0.2, 0) is 13.8 Å². The van der Waals surface area contributed by atoms with E-state index in [1.54, 1.807) is 0 Å². The summed E-state index contributed by atoms with van der Waals surface area (Å²) < 4.78 is 8.50. The average Bonchev–Trinajstić information content (AvgIpc) is 1.65. The Bertz CT molecular complexity index is 83.4. The second-order valence-electron chi connectivity index (χ2n) is 1.27. The highest BCUT2D eigenvalue weighted by molar-refractivity contribution is 6.07. The van der Waals surface area contributed by atoms with Gasteiger partial charge in [0.15, 0.2) is 0 Å². The van der Waals surface area contributed by atoms with Crippen LogP contribution in [-0.4, -0.2) is 12.3 Å². The van der Waals surface area contributed by atoms with Crippen LogP contribution >= 0.6 is 11.9 Å². The normalized spacial score (nSPS) is 12.9. The molecule has 48 valence electrons. The molecule has 0 aliphatic heterocycles. The Kier molecular flexibility index (Phi) is 3.56. The van der Waals surface area contributed by atoms with Crippen LogP contribution in [0.3, 0.4) is 0 Å². The molecule has 0 saturated heterocycles. The lowest BCUT2D eigenvalue weighted by Gasteiger charge is -2.04. The Balaban J connectivity index is 3.24. The molecule has 0 aliphatic carbocycles. The smallest absolute Gasteiger partial charge is 0.304 e. The molecule has 0 rings (SSSR count). The van der Waals surface area contributed by atoms with Crippen molar-refractivity contribution in [2.45, 2.75) is 20.1 Å². The molecule has 0 fully saturated rings. The van der Waals surface area contributed by atoms with Crippen molar-refractivity contribution in [1.29, 1.82) is 0 Å². The van der Waals surface area contributed by atoms with Crippen LogP contribution in [0.15, 0.2) is 0 Å². The van der Waals surface area contributed by atoms with Crippen LogP contribution in [0.4, 0.5) is 0 Å². The van der Waals surface area contributed by atoms with Crippen LogP contribution in [0.25, 0.3) is 0 Å². The molecule has 0 radical (unpaired) electrons. The van der Waals surface area contributed by atoms with Crippen LogP contribution in [0.5, 0.6) is 0 Å². The topological polar surface area (TPSA) is 35.5 Å². The molecule has 0 aromatic carbocycles. The first-order chi connectivity index (χ1) is 3.66. The summed E-state index contributed by atoms with van der Waals surface area (Å²) in [4.78, 5) is 10.1. The number of esters is 1. The fourth-order valence-electron chi connectivity index (χ4n) is 0.252. The van der Waals surface area contributed by atoms with Gasteiger partial charge in [0.2, 0.25) is 6.29 Å². The second kappa shape index (κ2) is 3.69. The lowest BCUT2D eigenvalue weighted by Crippen LogP contribution is -2.11. The van der Waals surface area contributed by atoms with Crippen LogP contribution in [0.2, 0.25) is 0 Å². The van der Waals surface area contributed by atoms with Crippen LogP contribution in [0, 0.1) is 0 Å². The zero-order chi connectivity index (χ0) is 6.57. The van der Waals surface area contributed by atoms with Crippen molar-refractivity contribution in [3.05, 3.63) is 0 Å². The predicted octanol–water partition coefficient (Wildman–Crippen LogP) is 1.07. The van der Waals surface area contributed by atoms with E-state index < -0.39 is 12.3 Å². The van der Waals surface area contributed by atoms with E-state index in [9.17, 15) is 4.79 Å². The molecule has 0 heterocycles. The summed E-state index contributed by atoms with van der Waals surface area (Å²) in [5.74, 6) is -0.404. The predicted molar refractivity (Wildman–Crippen MR) is 28.2 cm³/mol. The zero-order valence-electron chi connectivity index (χ0n) is 4.68. The molecule has 1 atom stereocenters. The van der Waals surface area contributed by atoms with Crippen LogP contribution < -0.4 is 0 Å². The van der Waals surface area contributed by atoms with E-state index in [1.807, 2.05) is 0 Å². The van der Waals surface area contributed by atoms with E-state index in [2.05, 4.69) is 9.03 Å². The Morgan fingerprint density at radius 2 is 2.25 bits per heavy atom. The highest BCUT2D eigenvalue weighted by Gasteiger charge is 2.01. The number of rotatable bonds is 2. The van der Waals surface area contributed by atoms with Crippen LogP contribution in [0.1, 0.15) is 13.8 Å².